The van der Waals surface area contributed by atoms with Gasteiger partial charge in [0.15, 0.2) is 5.54 Å². The van der Waals surface area contributed by atoms with E-state index in [0.29, 0.717) is 30.0 Å². The van der Waals surface area contributed by atoms with Crippen LogP contribution in [0, 0.1) is 6.92 Å². The average Bonchev–Trinajstić information content (AvgIpc) is 2.89. The second-order valence-electron chi connectivity index (χ2n) is 6.68. The van der Waals surface area contributed by atoms with E-state index in [1.807, 2.05) is 31.2 Å². The van der Waals surface area contributed by atoms with E-state index in [0.717, 1.165) is 10.5 Å². The predicted octanol–water partition coefficient (Wildman–Crippen LogP) is 2.16. The van der Waals surface area contributed by atoms with E-state index in [4.69, 9.17) is 4.74 Å². The number of carbonyl (C=O) groups excluding carboxylic acids is 3. The van der Waals surface area contributed by atoms with Crippen molar-refractivity contribution < 1.29 is 19.1 Å². The summed E-state index contributed by atoms with van der Waals surface area (Å²) in [5, 5.41) is 5.53. The summed E-state index contributed by atoms with van der Waals surface area (Å²) >= 11 is 0. The van der Waals surface area contributed by atoms with Crippen molar-refractivity contribution in [1.29, 1.82) is 0 Å². The first-order chi connectivity index (χ1) is 13.0. The lowest BCUT2D eigenvalue weighted by Crippen LogP contribution is -2.48. The Bertz CT molecular complexity index is 942. The SMILES string of the molecule is Cc1ccccc1NC(=O)CN1C(=O)NC2(CCOc3ccccc32)C1=O. The fourth-order valence-corrected chi connectivity index (χ4v) is 3.56. The zero-order chi connectivity index (χ0) is 19.0. The number of imide groups is 1. The molecule has 1 saturated heterocycles. The van der Waals surface area contributed by atoms with Gasteiger partial charge in [0, 0.05) is 17.7 Å². The first-order valence-corrected chi connectivity index (χ1v) is 8.73. The van der Waals surface area contributed by atoms with Crippen molar-refractivity contribution in [3.05, 3.63) is 59.7 Å². The summed E-state index contributed by atoms with van der Waals surface area (Å²) in [6, 6.07) is 13.9. The van der Waals surface area contributed by atoms with E-state index < -0.39 is 23.4 Å². The minimum atomic E-state index is -1.17. The molecule has 138 valence electrons. The lowest BCUT2D eigenvalue weighted by atomic mass is 9.84. The zero-order valence-corrected chi connectivity index (χ0v) is 14.8. The first-order valence-electron chi connectivity index (χ1n) is 8.73. The summed E-state index contributed by atoms with van der Waals surface area (Å²) in [6.45, 7) is 1.84. The highest BCUT2D eigenvalue weighted by Crippen LogP contribution is 2.40. The Morgan fingerprint density at radius 2 is 1.93 bits per heavy atom. The Labute approximate surface area is 156 Å². The van der Waals surface area contributed by atoms with Gasteiger partial charge in [-0.3, -0.25) is 14.5 Å². The van der Waals surface area contributed by atoms with Crippen LogP contribution >= 0.6 is 0 Å². The number of amides is 4. The van der Waals surface area contributed by atoms with Crippen molar-refractivity contribution in [3.8, 4) is 5.75 Å². The molecule has 0 radical (unpaired) electrons. The topological polar surface area (TPSA) is 87.7 Å². The normalized spacial score (nSPS) is 20.9. The molecule has 0 aliphatic carbocycles. The molecular formula is C20H19N3O4. The maximum Gasteiger partial charge on any atom is 0.325 e. The van der Waals surface area contributed by atoms with Crippen LogP contribution in [0.15, 0.2) is 48.5 Å². The Morgan fingerprint density at radius 3 is 2.74 bits per heavy atom. The Kier molecular flexibility index (Phi) is 4.07. The quantitative estimate of drug-likeness (QED) is 0.816. The summed E-state index contributed by atoms with van der Waals surface area (Å²) in [7, 11) is 0. The van der Waals surface area contributed by atoms with Gasteiger partial charge >= 0.3 is 6.03 Å². The van der Waals surface area contributed by atoms with Gasteiger partial charge < -0.3 is 15.4 Å². The summed E-state index contributed by atoms with van der Waals surface area (Å²) in [6.07, 6.45) is 0.324. The van der Waals surface area contributed by atoms with Crippen LogP contribution in [-0.2, 0) is 15.1 Å². The summed E-state index contributed by atoms with van der Waals surface area (Å²) in [5.41, 5.74) is 1.00. The van der Waals surface area contributed by atoms with Crippen LogP contribution in [0.4, 0.5) is 10.5 Å². The number of urea groups is 1. The maximum absolute atomic E-state index is 13.1. The molecule has 2 aliphatic heterocycles. The molecule has 2 aliphatic rings. The number of rotatable bonds is 3. The Balaban J connectivity index is 1.56. The average molecular weight is 365 g/mol. The number of carbonyl (C=O) groups is 3. The number of fused-ring (bicyclic) bond motifs is 2. The molecule has 7 nitrogen and oxygen atoms in total. The van der Waals surface area contributed by atoms with E-state index in [1.165, 1.54) is 0 Å². The minimum Gasteiger partial charge on any atom is -0.493 e. The largest absolute Gasteiger partial charge is 0.493 e. The van der Waals surface area contributed by atoms with E-state index in [9.17, 15) is 14.4 Å². The van der Waals surface area contributed by atoms with Gasteiger partial charge in [-0.05, 0) is 24.6 Å². The van der Waals surface area contributed by atoms with Crippen molar-refractivity contribution in [3.63, 3.8) is 0 Å². The molecule has 7 heteroatoms. The molecule has 1 fully saturated rings. The van der Waals surface area contributed by atoms with Crippen molar-refractivity contribution in [2.24, 2.45) is 0 Å². The van der Waals surface area contributed by atoms with Gasteiger partial charge in [-0.15, -0.1) is 0 Å². The van der Waals surface area contributed by atoms with E-state index in [2.05, 4.69) is 10.6 Å². The van der Waals surface area contributed by atoms with Crippen LogP contribution in [0.2, 0.25) is 0 Å². The van der Waals surface area contributed by atoms with E-state index in [-0.39, 0.29) is 6.54 Å². The number of nitrogens with zero attached hydrogens (tertiary/aromatic N) is 1. The van der Waals surface area contributed by atoms with Crippen LogP contribution in [0.5, 0.6) is 5.75 Å². The number of ether oxygens (including phenoxy) is 1. The number of hydrogen-bond acceptors (Lipinski definition) is 4. The van der Waals surface area contributed by atoms with Crippen molar-refractivity contribution in [2.45, 2.75) is 18.9 Å². The van der Waals surface area contributed by atoms with Crippen LogP contribution < -0.4 is 15.4 Å². The molecule has 2 N–H and O–H groups in total. The molecule has 1 spiro atoms. The number of benzene rings is 2. The Morgan fingerprint density at radius 1 is 1.19 bits per heavy atom. The maximum atomic E-state index is 13.1. The number of aryl methyl sites for hydroxylation is 1. The smallest absolute Gasteiger partial charge is 0.325 e. The molecule has 0 saturated carbocycles. The monoisotopic (exact) mass is 365 g/mol. The fourth-order valence-electron chi connectivity index (χ4n) is 3.56. The molecule has 0 aromatic heterocycles. The third-order valence-corrected chi connectivity index (χ3v) is 4.98. The second kappa shape index (κ2) is 6.42. The predicted molar refractivity (Wildman–Crippen MR) is 98.3 cm³/mol. The number of anilines is 1. The highest BCUT2D eigenvalue weighted by Gasteiger charge is 2.55. The van der Waals surface area contributed by atoms with Gasteiger partial charge in [-0.1, -0.05) is 36.4 Å². The van der Waals surface area contributed by atoms with Crippen molar-refractivity contribution in [1.82, 2.24) is 10.2 Å². The van der Waals surface area contributed by atoms with Crippen LogP contribution in [0.1, 0.15) is 17.5 Å². The molecule has 4 amide bonds. The van der Waals surface area contributed by atoms with Gasteiger partial charge in [0.2, 0.25) is 5.91 Å². The van der Waals surface area contributed by atoms with Crippen LogP contribution in [0.3, 0.4) is 0 Å². The highest BCUT2D eigenvalue weighted by atomic mass is 16.5. The molecular weight excluding hydrogens is 346 g/mol. The van der Waals surface area contributed by atoms with Gasteiger partial charge in [-0.25, -0.2) is 4.79 Å². The lowest BCUT2D eigenvalue weighted by molar-refractivity contribution is -0.135. The minimum absolute atomic E-state index is 0.312. The van der Waals surface area contributed by atoms with E-state index >= 15 is 0 Å². The lowest BCUT2D eigenvalue weighted by Gasteiger charge is -2.33. The number of para-hydroxylation sites is 2. The molecule has 27 heavy (non-hydrogen) atoms. The third kappa shape index (κ3) is 2.81. The molecule has 2 aromatic rings. The number of nitrogens with one attached hydrogen (secondary N) is 2. The number of hydrogen-bond donors (Lipinski definition) is 2. The van der Waals surface area contributed by atoms with Gasteiger partial charge in [0.25, 0.3) is 5.91 Å². The van der Waals surface area contributed by atoms with E-state index in [1.54, 1.807) is 24.3 Å². The fraction of sp³-hybridized carbons (Fsp3) is 0.250. The molecule has 4 rings (SSSR count). The Hall–Kier alpha value is -3.35. The molecule has 2 heterocycles. The van der Waals surface area contributed by atoms with Crippen molar-refractivity contribution >= 4 is 23.5 Å². The van der Waals surface area contributed by atoms with Gasteiger partial charge in [0.1, 0.15) is 12.3 Å². The summed E-state index contributed by atoms with van der Waals surface area (Å²) < 4.78 is 5.60. The zero-order valence-electron chi connectivity index (χ0n) is 14.8. The summed E-state index contributed by atoms with van der Waals surface area (Å²) in [5.74, 6) is -0.281. The first kappa shape index (κ1) is 17.1. The molecule has 1 unspecified atom stereocenters. The summed E-state index contributed by atoms with van der Waals surface area (Å²) in [4.78, 5) is 39.0. The van der Waals surface area contributed by atoms with Crippen molar-refractivity contribution in [2.75, 3.05) is 18.5 Å². The van der Waals surface area contributed by atoms with Gasteiger partial charge in [-0.2, -0.15) is 0 Å². The van der Waals surface area contributed by atoms with Crippen LogP contribution in [0.25, 0.3) is 0 Å². The molecule has 2 aromatic carbocycles. The molecule has 0 bridgehead atoms. The molecule has 1 atom stereocenters. The van der Waals surface area contributed by atoms with Crippen LogP contribution in [-0.4, -0.2) is 35.9 Å². The standard InChI is InChI=1S/C20H19N3O4/c1-13-6-2-4-8-15(13)21-17(24)12-23-18(25)20(22-19(23)26)10-11-27-16-9-5-3-7-14(16)20/h2-9H,10-12H2,1H3,(H,21,24)(H,22,26). The van der Waals surface area contributed by atoms with Gasteiger partial charge in [0.05, 0.1) is 6.61 Å². The highest BCUT2D eigenvalue weighted by molar-refractivity contribution is 6.10. The second-order valence-corrected chi connectivity index (χ2v) is 6.68. The third-order valence-electron chi connectivity index (χ3n) is 4.98.